The highest BCUT2D eigenvalue weighted by atomic mass is 35.5. The van der Waals surface area contributed by atoms with Gasteiger partial charge in [-0.05, 0) is 12.8 Å². The summed E-state index contributed by atoms with van der Waals surface area (Å²) in [7, 11) is 0. The molecule has 18 heavy (non-hydrogen) atoms. The first kappa shape index (κ1) is 13.0. The van der Waals surface area contributed by atoms with Gasteiger partial charge in [-0.15, -0.1) is 0 Å². The number of nitrogens with one attached hydrogen (secondary N) is 1. The summed E-state index contributed by atoms with van der Waals surface area (Å²) in [6, 6.07) is 0.158. The molecule has 0 bridgehead atoms. The van der Waals surface area contributed by atoms with Crippen molar-refractivity contribution in [1.82, 2.24) is 15.3 Å². The molecule has 1 amide bonds. The number of carbonyl (C=O) groups is 1. The average molecular weight is 266 g/mol. The normalized spacial score (nSPS) is 15.3. The van der Waals surface area contributed by atoms with Crippen molar-refractivity contribution in [2.45, 2.75) is 38.6 Å². The van der Waals surface area contributed by atoms with Crippen molar-refractivity contribution in [2.75, 3.05) is 0 Å². The Morgan fingerprint density at radius 3 is 2.72 bits per heavy atom. The minimum Gasteiger partial charge on any atom is -0.347 e. The molecular formula is C13H16ClN3O. The van der Waals surface area contributed by atoms with E-state index in [0.29, 0.717) is 10.8 Å². The molecule has 0 radical (unpaired) electrons. The van der Waals surface area contributed by atoms with Crippen LogP contribution in [0.25, 0.3) is 0 Å². The molecule has 0 saturated carbocycles. The third-order valence-corrected chi connectivity index (χ3v) is 3.11. The molecule has 0 spiro atoms. The van der Waals surface area contributed by atoms with Gasteiger partial charge in [0, 0.05) is 12.0 Å². The Balaban J connectivity index is 2.15. The molecule has 0 unspecified atom stereocenters. The van der Waals surface area contributed by atoms with Crippen molar-refractivity contribution in [3.63, 3.8) is 0 Å². The fourth-order valence-corrected chi connectivity index (χ4v) is 1.98. The van der Waals surface area contributed by atoms with E-state index in [-0.39, 0.29) is 23.6 Å². The van der Waals surface area contributed by atoms with Crippen LogP contribution in [0.3, 0.4) is 0 Å². The van der Waals surface area contributed by atoms with Gasteiger partial charge in [0.15, 0.2) is 0 Å². The number of hydrogen-bond acceptors (Lipinski definition) is 3. The summed E-state index contributed by atoms with van der Waals surface area (Å²) in [4.78, 5) is 20.4. The molecule has 1 aromatic rings. The first-order chi connectivity index (χ1) is 8.58. The van der Waals surface area contributed by atoms with Gasteiger partial charge < -0.3 is 5.32 Å². The number of rotatable bonds is 3. The Labute approximate surface area is 111 Å². The Kier molecular flexibility index (Phi) is 3.97. The Bertz CT molecular complexity index is 477. The molecule has 1 aliphatic carbocycles. The van der Waals surface area contributed by atoms with Crippen LogP contribution in [-0.4, -0.2) is 21.9 Å². The van der Waals surface area contributed by atoms with E-state index in [9.17, 15) is 4.79 Å². The number of nitrogens with zero attached hydrogens (tertiary/aromatic N) is 2. The lowest BCUT2D eigenvalue weighted by molar-refractivity contribution is 0.0933. The van der Waals surface area contributed by atoms with Crippen LogP contribution in [0.5, 0.6) is 0 Å². The molecule has 1 aromatic heterocycles. The molecule has 4 nitrogen and oxygen atoms in total. The van der Waals surface area contributed by atoms with Gasteiger partial charge in [0.2, 0.25) is 0 Å². The molecule has 1 aliphatic rings. The largest absolute Gasteiger partial charge is 0.347 e. The predicted octanol–water partition coefficient (Wildman–Crippen LogP) is 2.70. The summed E-state index contributed by atoms with van der Waals surface area (Å²) in [6.45, 7) is 3.96. The molecule has 96 valence electrons. The second kappa shape index (κ2) is 5.48. The smallest absolute Gasteiger partial charge is 0.271 e. The van der Waals surface area contributed by atoms with Gasteiger partial charge >= 0.3 is 0 Å². The zero-order chi connectivity index (χ0) is 13.1. The SMILES string of the molecule is CC(C)c1ncc(Cl)c(C(=O)NC2CC=CC2)n1. The number of aromatic nitrogens is 2. The second-order valence-electron chi connectivity index (χ2n) is 4.69. The van der Waals surface area contributed by atoms with E-state index in [2.05, 4.69) is 27.4 Å². The summed E-state index contributed by atoms with van der Waals surface area (Å²) in [5.74, 6) is 0.578. The third kappa shape index (κ3) is 2.88. The summed E-state index contributed by atoms with van der Waals surface area (Å²) in [5.41, 5.74) is 0.266. The van der Waals surface area contributed by atoms with Gasteiger partial charge in [0.05, 0.1) is 11.2 Å². The molecule has 2 rings (SSSR count). The van der Waals surface area contributed by atoms with Crippen molar-refractivity contribution in [3.05, 3.63) is 34.9 Å². The maximum Gasteiger partial charge on any atom is 0.271 e. The van der Waals surface area contributed by atoms with Crippen LogP contribution in [0.4, 0.5) is 0 Å². The van der Waals surface area contributed by atoms with Crippen LogP contribution in [0.2, 0.25) is 5.02 Å². The summed E-state index contributed by atoms with van der Waals surface area (Å²) < 4.78 is 0. The molecule has 1 N–H and O–H groups in total. The number of halogens is 1. The van der Waals surface area contributed by atoms with Gasteiger partial charge in [-0.1, -0.05) is 37.6 Å². The molecule has 0 atom stereocenters. The minimum atomic E-state index is -0.224. The molecule has 1 heterocycles. The fraction of sp³-hybridized carbons (Fsp3) is 0.462. The van der Waals surface area contributed by atoms with Crippen LogP contribution in [-0.2, 0) is 0 Å². The number of hydrogen-bond donors (Lipinski definition) is 1. The van der Waals surface area contributed by atoms with E-state index in [4.69, 9.17) is 11.6 Å². The molecule has 0 saturated heterocycles. The lowest BCUT2D eigenvalue weighted by Gasteiger charge is -2.13. The first-order valence-electron chi connectivity index (χ1n) is 6.06. The average Bonchev–Trinajstić information content (AvgIpc) is 2.81. The van der Waals surface area contributed by atoms with E-state index in [1.165, 1.54) is 6.20 Å². The predicted molar refractivity (Wildman–Crippen MR) is 70.8 cm³/mol. The highest BCUT2D eigenvalue weighted by molar-refractivity contribution is 6.33. The quantitative estimate of drug-likeness (QED) is 0.855. The van der Waals surface area contributed by atoms with Gasteiger partial charge in [0.1, 0.15) is 11.5 Å². The maximum absolute atomic E-state index is 12.1. The van der Waals surface area contributed by atoms with Crippen molar-refractivity contribution in [1.29, 1.82) is 0 Å². The van der Waals surface area contributed by atoms with Crippen LogP contribution in [0.15, 0.2) is 18.3 Å². The van der Waals surface area contributed by atoms with E-state index in [1.54, 1.807) is 0 Å². The summed E-state index contributed by atoms with van der Waals surface area (Å²) in [5, 5.41) is 3.22. The molecule has 0 aromatic carbocycles. The number of carbonyl (C=O) groups excluding carboxylic acids is 1. The van der Waals surface area contributed by atoms with Gasteiger partial charge in [-0.3, -0.25) is 4.79 Å². The Morgan fingerprint density at radius 2 is 2.11 bits per heavy atom. The molecular weight excluding hydrogens is 250 g/mol. The van der Waals surface area contributed by atoms with Crippen LogP contribution >= 0.6 is 11.6 Å². The highest BCUT2D eigenvalue weighted by Crippen LogP contribution is 2.17. The van der Waals surface area contributed by atoms with Crippen LogP contribution in [0.1, 0.15) is 48.9 Å². The number of amides is 1. The summed E-state index contributed by atoms with van der Waals surface area (Å²) >= 11 is 5.98. The van der Waals surface area contributed by atoms with Gasteiger partial charge in [-0.25, -0.2) is 9.97 Å². The van der Waals surface area contributed by atoms with E-state index >= 15 is 0 Å². The van der Waals surface area contributed by atoms with Crippen molar-refractivity contribution in [2.24, 2.45) is 0 Å². The molecule has 0 aliphatic heterocycles. The van der Waals surface area contributed by atoms with E-state index in [1.807, 2.05) is 13.8 Å². The summed E-state index contributed by atoms with van der Waals surface area (Å²) in [6.07, 6.45) is 7.35. The molecule has 5 heteroatoms. The fourth-order valence-electron chi connectivity index (χ4n) is 1.81. The monoisotopic (exact) mass is 265 g/mol. The highest BCUT2D eigenvalue weighted by Gasteiger charge is 2.19. The van der Waals surface area contributed by atoms with E-state index in [0.717, 1.165) is 12.8 Å². The van der Waals surface area contributed by atoms with Crippen molar-refractivity contribution >= 4 is 17.5 Å². The topological polar surface area (TPSA) is 54.9 Å². The van der Waals surface area contributed by atoms with E-state index < -0.39 is 0 Å². The first-order valence-corrected chi connectivity index (χ1v) is 6.44. The zero-order valence-electron chi connectivity index (χ0n) is 10.5. The van der Waals surface area contributed by atoms with Crippen LogP contribution in [0, 0.1) is 0 Å². The second-order valence-corrected chi connectivity index (χ2v) is 5.10. The Hall–Kier alpha value is -1.42. The van der Waals surface area contributed by atoms with Crippen molar-refractivity contribution in [3.8, 4) is 0 Å². The van der Waals surface area contributed by atoms with Crippen molar-refractivity contribution < 1.29 is 4.79 Å². The Morgan fingerprint density at radius 1 is 1.44 bits per heavy atom. The maximum atomic E-state index is 12.1. The minimum absolute atomic E-state index is 0.158. The zero-order valence-corrected chi connectivity index (χ0v) is 11.2. The molecule has 0 fully saturated rings. The third-order valence-electron chi connectivity index (χ3n) is 2.84. The standard InChI is InChI=1S/C13H16ClN3O/c1-8(2)12-15-7-10(14)11(17-12)13(18)16-9-5-3-4-6-9/h3-4,7-9H,5-6H2,1-2H3,(H,16,18). The lowest BCUT2D eigenvalue weighted by Crippen LogP contribution is -2.33. The van der Waals surface area contributed by atoms with Gasteiger partial charge in [0.25, 0.3) is 5.91 Å². The van der Waals surface area contributed by atoms with Crippen LogP contribution < -0.4 is 5.32 Å². The lowest BCUT2D eigenvalue weighted by atomic mass is 10.2. The van der Waals surface area contributed by atoms with Gasteiger partial charge in [-0.2, -0.15) is 0 Å².